The molecule has 0 saturated heterocycles. The number of rotatable bonds is 11. The van der Waals surface area contributed by atoms with Gasteiger partial charge in [-0.1, -0.05) is 17.7 Å². The van der Waals surface area contributed by atoms with Crippen LogP contribution in [0, 0.1) is 6.92 Å². The van der Waals surface area contributed by atoms with E-state index in [2.05, 4.69) is 24.6 Å². The molecule has 0 heterocycles. The molecule has 0 atom stereocenters. The van der Waals surface area contributed by atoms with E-state index in [0.717, 1.165) is 42.0 Å². The Morgan fingerprint density at radius 2 is 1.17 bits per heavy atom. The zero-order chi connectivity index (χ0) is 34.9. The highest BCUT2D eigenvalue weighted by Crippen LogP contribution is 2.48. The number of phenols is 1. The highest BCUT2D eigenvalue weighted by atomic mass is 32.3. The number of aryl methyl sites for hydroxylation is 1. The zero-order valence-corrected chi connectivity index (χ0v) is 26.9. The lowest BCUT2D eigenvalue weighted by molar-refractivity contribution is 0.284. The van der Waals surface area contributed by atoms with Crippen molar-refractivity contribution in [3.8, 4) is 5.75 Å². The maximum absolute atomic E-state index is 12.4. The van der Waals surface area contributed by atoms with Gasteiger partial charge in [-0.25, -0.2) is 12.6 Å². The molecule has 6 N–H and O–H groups in total. The van der Waals surface area contributed by atoms with Crippen LogP contribution in [-0.2, 0) is 44.7 Å². The van der Waals surface area contributed by atoms with Crippen LogP contribution in [0.3, 0.4) is 0 Å². The number of aromatic hydroxyl groups is 1. The summed E-state index contributed by atoms with van der Waals surface area (Å²) in [5, 5.41) is 25.6. The zero-order valence-electron chi connectivity index (χ0n) is 23.7. The van der Waals surface area contributed by atoms with Gasteiger partial charge in [-0.3, -0.25) is 13.7 Å². The topological polar surface area (TPSA) is 302 Å². The summed E-state index contributed by atoms with van der Waals surface area (Å²) >= 11 is 0. The number of nitrogens with two attached hydrogens (primary N) is 1. The van der Waals surface area contributed by atoms with Crippen molar-refractivity contribution in [2.45, 2.75) is 21.6 Å². The Hall–Kier alpha value is -4.42. The van der Waals surface area contributed by atoms with Crippen molar-refractivity contribution in [1.29, 1.82) is 0 Å². The summed E-state index contributed by atoms with van der Waals surface area (Å²) in [4.78, 5) is -2.25. The van der Waals surface area contributed by atoms with Crippen LogP contribution in [0.1, 0.15) is 5.56 Å². The minimum Gasteiger partial charge on any atom is -0.505 e. The van der Waals surface area contributed by atoms with Gasteiger partial charge < -0.3 is 10.8 Å². The van der Waals surface area contributed by atoms with Crippen molar-refractivity contribution in [2.24, 2.45) is 20.5 Å². The van der Waals surface area contributed by atoms with Gasteiger partial charge in [-0.05, 0) is 60.8 Å². The normalized spacial score (nSPS) is 13.2. The molecule has 4 aromatic rings. The van der Waals surface area contributed by atoms with Crippen LogP contribution in [0.25, 0.3) is 10.8 Å². The van der Waals surface area contributed by atoms with Gasteiger partial charge in [0.2, 0.25) is 0 Å². The van der Waals surface area contributed by atoms with E-state index in [-0.39, 0.29) is 21.7 Å². The predicted octanol–water partition coefficient (Wildman–Crippen LogP) is 4.35. The third-order valence-corrected chi connectivity index (χ3v) is 10.1. The molecule has 0 aliphatic rings. The third-order valence-electron chi connectivity index (χ3n) is 6.22. The molecule has 0 spiro atoms. The van der Waals surface area contributed by atoms with Gasteiger partial charge in [0.15, 0.2) is 15.6 Å². The number of anilines is 1. The molecule has 18 nitrogen and oxygen atoms in total. The predicted molar refractivity (Wildman–Crippen MR) is 165 cm³/mol. The quantitative estimate of drug-likeness (QED) is 0.0814. The van der Waals surface area contributed by atoms with Crippen LogP contribution in [0.5, 0.6) is 5.75 Å². The summed E-state index contributed by atoms with van der Waals surface area (Å²) in [6, 6.07) is 12.3. The minimum absolute atomic E-state index is 0.0961. The maximum Gasteiger partial charge on any atom is 0.397 e. The molecule has 0 radical (unpaired) electrons. The van der Waals surface area contributed by atoms with Crippen LogP contribution in [0.15, 0.2) is 95.8 Å². The van der Waals surface area contributed by atoms with Crippen LogP contribution in [-0.4, -0.2) is 64.8 Å². The average molecular weight is 730 g/mol. The monoisotopic (exact) mass is 729 g/mol. The Kier molecular flexibility index (Phi) is 9.80. The van der Waals surface area contributed by atoms with Gasteiger partial charge in [0.05, 0.1) is 39.7 Å². The van der Waals surface area contributed by atoms with Crippen LogP contribution < -0.4 is 5.73 Å². The Balaban J connectivity index is 1.82. The maximum atomic E-state index is 12.4. The molecular formula is C25H23N5O13S4. The van der Waals surface area contributed by atoms with E-state index in [1.807, 2.05) is 6.92 Å². The number of phenolic OH excluding ortho intramolecular Hbond substituents is 1. The van der Waals surface area contributed by atoms with Crippen molar-refractivity contribution in [3.05, 3.63) is 66.2 Å². The Morgan fingerprint density at radius 3 is 1.66 bits per heavy atom. The molecule has 47 heavy (non-hydrogen) atoms. The van der Waals surface area contributed by atoms with Crippen molar-refractivity contribution in [1.82, 2.24) is 0 Å². The first-order valence-electron chi connectivity index (χ1n) is 12.6. The van der Waals surface area contributed by atoms with Gasteiger partial charge in [-0.15, -0.1) is 10.2 Å². The standard InChI is InChI=1S/C25H23N5O13S4/c1-14-2-4-16(5-3-14)27-29-23-19(45(34,35)36)12-15-13-20(46(37,38)39)24(25(31)21(15)22(23)26)30-28-17-6-8-18(9-7-17)44(32,33)11-10-43-47(40,41)42/h2-9,12-13,31H,10-11,26H2,1H3,(H,34,35,36)(H,37,38,39)(H,40,41,42). The fraction of sp³-hybridized carbons (Fsp3) is 0.120. The first kappa shape index (κ1) is 35.4. The molecule has 0 aliphatic heterocycles. The smallest absolute Gasteiger partial charge is 0.397 e. The molecule has 4 aromatic carbocycles. The number of fused-ring (bicyclic) bond motifs is 1. The largest absolute Gasteiger partial charge is 0.505 e. The number of hydrogen-bond acceptors (Lipinski definition) is 15. The minimum atomic E-state index is -5.18. The molecule has 250 valence electrons. The molecule has 0 aromatic heterocycles. The number of sulfone groups is 1. The van der Waals surface area contributed by atoms with Gasteiger partial charge in [0, 0.05) is 0 Å². The lowest BCUT2D eigenvalue weighted by Crippen LogP contribution is -2.15. The number of nitrogens with zero attached hydrogens (tertiary/aromatic N) is 4. The fourth-order valence-electron chi connectivity index (χ4n) is 4.02. The molecule has 0 amide bonds. The van der Waals surface area contributed by atoms with Gasteiger partial charge >= 0.3 is 10.4 Å². The Bertz CT molecular complexity index is 2380. The molecular weight excluding hydrogens is 707 g/mol. The number of nitrogen functional groups attached to an aromatic ring is 1. The van der Waals surface area contributed by atoms with Crippen LogP contribution >= 0.6 is 0 Å². The second-order valence-electron chi connectivity index (χ2n) is 9.56. The SMILES string of the molecule is Cc1ccc(N=Nc2c(S(=O)(=O)O)cc3cc(S(=O)(=O)O)c(N=Nc4ccc(S(=O)(=O)CCOS(=O)(=O)O)cc4)c(O)c3c2N)cc1. The van der Waals surface area contributed by atoms with E-state index in [9.17, 15) is 47.9 Å². The van der Waals surface area contributed by atoms with Crippen LogP contribution in [0.4, 0.5) is 28.4 Å². The molecule has 4 rings (SSSR count). The van der Waals surface area contributed by atoms with E-state index in [0.29, 0.717) is 0 Å². The summed E-state index contributed by atoms with van der Waals surface area (Å²) in [7, 11) is -19.2. The molecule has 0 aliphatic carbocycles. The third kappa shape index (κ3) is 8.49. The second-order valence-corrected chi connectivity index (χ2v) is 15.5. The Morgan fingerprint density at radius 1 is 0.702 bits per heavy atom. The van der Waals surface area contributed by atoms with E-state index in [1.165, 1.54) is 0 Å². The highest BCUT2D eigenvalue weighted by Gasteiger charge is 2.28. The lowest BCUT2D eigenvalue weighted by Gasteiger charge is -2.14. The lowest BCUT2D eigenvalue weighted by atomic mass is 10.1. The van der Waals surface area contributed by atoms with Crippen molar-refractivity contribution >= 4 is 79.7 Å². The summed E-state index contributed by atoms with van der Waals surface area (Å²) < 4.78 is 127. The summed E-state index contributed by atoms with van der Waals surface area (Å²) in [6.07, 6.45) is 0. The van der Waals surface area contributed by atoms with E-state index >= 15 is 0 Å². The fourth-order valence-corrected chi connectivity index (χ4v) is 6.84. The molecule has 0 saturated carbocycles. The molecule has 22 heteroatoms. The van der Waals surface area contributed by atoms with Gasteiger partial charge in [-0.2, -0.15) is 35.5 Å². The first-order chi connectivity index (χ1) is 21.7. The highest BCUT2D eigenvalue weighted by molar-refractivity contribution is 7.91. The van der Waals surface area contributed by atoms with E-state index < -0.39 is 90.8 Å². The number of azo groups is 2. The first-order valence-corrected chi connectivity index (χ1v) is 18.5. The summed E-state index contributed by atoms with van der Waals surface area (Å²) in [5.74, 6) is -1.81. The average Bonchev–Trinajstić information content (AvgIpc) is 2.95. The van der Waals surface area contributed by atoms with Crippen LogP contribution in [0.2, 0.25) is 0 Å². The molecule has 0 fully saturated rings. The van der Waals surface area contributed by atoms with E-state index in [1.54, 1.807) is 24.3 Å². The number of hydrogen-bond donors (Lipinski definition) is 5. The van der Waals surface area contributed by atoms with Gasteiger partial charge in [0.1, 0.15) is 21.2 Å². The molecule has 0 unspecified atom stereocenters. The Labute approximate surface area is 267 Å². The summed E-state index contributed by atoms with van der Waals surface area (Å²) in [6.45, 7) is 0.943. The van der Waals surface area contributed by atoms with Crippen molar-refractivity contribution < 1.29 is 56.6 Å². The molecule has 0 bridgehead atoms. The summed E-state index contributed by atoms with van der Waals surface area (Å²) in [5.41, 5.74) is 5.18. The van der Waals surface area contributed by atoms with Gasteiger partial charge in [0.25, 0.3) is 20.2 Å². The van der Waals surface area contributed by atoms with Crippen molar-refractivity contribution in [3.63, 3.8) is 0 Å². The van der Waals surface area contributed by atoms with E-state index in [4.69, 9.17) is 10.3 Å². The van der Waals surface area contributed by atoms with Crippen molar-refractivity contribution in [2.75, 3.05) is 18.1 Å². The number of benzene rings is 4. The second kappa shape index (κ2) is 13.0.